The van der Waals surface area contributed by atoms with Crippen LogP contribution in [0.3, 0.4) is 0 Å². The Bertz CT molecular complexity index is 988. The number of nitrogens with two attached hydrogens (primary N) is 1. The van der Waals surface area contributed by atoms with Crippen LogP contribution < -0.4 is 15.2 Å². The lowest BCUT2D eigenvalue weighted by Gasteiger charge is -2.44. The normalized spacial score (nSPS) is 27.6. The monoisotopic (exact) mass is 358 g/mol. The molecule has 0 saturated heterocycles. The number of fused-ring (bicyclic) bond motifs is 2. The zero-order valence-electron chi connectivity index (χ0n) is 14.9. The van der Waals surface area contributed by atoms with Crippen molar-refractivity contribution in [3.63, 3.8) is 0 Å². The third-order valence-electron chi connectivity index (χ3n) is 5.87. The number of benzene rings is 1. The summed E-state index contributed by atoms with van der Waals surface area (Å²) >= 11 is 0. The first-order chi connectivity index (χ1) is 13.1. The van der Waals surface area contributed by atoms with Crippen molar-refractivity contribution in [2.75, 3.05) is 6.79 Å². The maximum atomic E-state index is 10.0. The van der Waals surface area contributed by atoms with Gasteiger partial charge in [-0.15, -0.1) is 0 Å². The Balaban J connectivity index is 1.98. The number of nitriles is 3. The molecule has 3 atom stereocenters. The summed E-state index contributed by atoms with van der Waals surface area (Å²) < 4.78 is 10.9. The Kier molecular flexibility index (Phi) is 3.83. The van der Waals surface area contributed by atoms with Crippen LogP contribution in [0.4, 0.5) is 0 Å². The predicted octanol–water partition coefficient (Wildman–Crippen LogP) is 3.25. The van der Waals surface area contributed by atoms with E-state index in [1.807, 2.05) is 18.2 Å². The van der Waals surface area contributed by atoms with Crippen LogP contribution in [0.25, 0.3) is 0 Å². The smallest absolute Gasteiger partial charge is 0.231 e. The highest BCUT2D eigenvalue weighted by atomic mass is 16.7. The highest BCUT2D eigenvalue weighted by Crippen LogP contribution is 2.57. The first kappa shape index (κ1) is 17.0. The van der Waals surface area contributed by atoms with Crippen LogP contribution in [-0.2, 0) is 0 Å². The third kappa shape index (κ3) is 2.29. The number of rotatable bonds is 1. The van der Waals surface area contributed by atoms with Crippen LogP contribution in [0.2, 0.25) is 0 Å². The Labute approximate surface area is 157 Å². The van der Waals surface area contributed by atoms with E-state index >= 15 is 0 Å². The maximum absolute atomic E-state index is 10.0. The molecule has 2 aliphatic carbocycles. The van der Waals surface area contributed by atoms with Crippen molar-refractivity contribution in [1.82, 2.24) is 0 Å². The van der Waals surface area contributed by atoms with E-state index in [4.69, 9.17) is 15.2 Å². The van der Waals surface area contributed by atoms with Crippen LogP contribution in [0.5, 0.6) is 11.5 Å². The van der Waals surface area contributed by atoms with Crippen molar-refractivity contribution in [2.24, 2.45) is 23.0 Å². The summed E-state index contributed by atoms with van der Waals surface area (Å²) in [6, 6.07) is 11.9. The summed E-state index contributed by atoms with van der Waals surface area (Å²) in [5, 5.41) is 29.8. The van der Waals surface area contributed by atoms with Gasteiger partial charge in [-0.3, -0.25) is 0 Å². The van der Waals surface area contributed by atoms with E-state index in [0.717, 1.165) is 24.0 Å². The number of nitrogens with zero attached hydrogens (tertiary/aromatic N) is 3. The molecule has 27 heavy (non-hydrogen) atoms. The van der Waals surface area contributed by atoms with Crippen molar-refractivity contribution in [3.8, 4) is 29.7 Å². The van der Waals surface area contributed by atoms with Crippen LogP contribution in [0.1, 0.15) is 31.2 Å². The van der Waals surface area contributed by atoms with Gasteiger partial charge in [0.1, 0.15) is 6.07 Å². The molecule has 134 valence electrons. The molecule has 0 radical (unpaired) electrons. The van der Waals surface area contributed by atoms with Gasteiger partial charge in [-0.1, -0.05) is 19.1 Å². The molecular formula is C21H18N4O2. The van der Waals surface area contributed by atoms with E-state index in [1.165, 1.54) is 0 Å². The van der Waals surface area contributed by atoms with Gasteiger partial charge in [-0.25, -0.2) is 0 Å². The second-order valence-corrected chi connectivity index (χ2v) is 7.37. The van der Waals surface area contributed by atoms with Crippen LogP contribution in [0, 0.1) is 51.2 Å². The van der Waals surface area contributed by atoms with Gasteiger partial charge < -0.3 is 15.2 Å². The molecule has 0 saturated carbocycles. The fourth-order valence-electron chi connectivity index (χ4n) is 4.56. The highest BCUT2D eigenvalue weighted by Gasteiger charge is 2.54. The van der Waals surface area contributed by atoms with E-state index in [2.05, 4.69) is 25.1 Å². The summed E-state index contributed by atoms with van der Waals surface area (Å²) in [7, 11) is 0. The Morgan fingerprint density at radius 1 is 1.15 bits per heavy atom. The SMILES string of the molecule is CC1CC=C2C(C#N)=C(N)C(C#N)(C#N)C(c3ccc4c(c3)OCO4)C2C1. The minimum atomic E-state index is -1.60. The van der Waals surface area contributed by atoms with Gasteiger partial charge in [-0.05, 0) is 47.9 Å². The largest absolute Gasteiger partial charge is 0.454 e. The molecule has 3 aliphatic rings. The number of allylic oxidation sites excluding steroid dienone is 4. The van der Waals surface area contributed by atoms with E-state index in [1.54, 1.807) is 6.07 Å². The number of hydrogen-bond acceptors (Lipinski definition) is 6. The molecule has 1 aromatic rings. The maximum Gasteiger partial charge on any atom is 0.231 e. The fourth-order valence-corrected chi connectivity index (χ4v) is 4.56. The average Bonchev–Trinajstić information content (AvgIpc) is 3.15. The summed E-state index contributed by atoms with van der Waals surface area (Å²) in [5.41, 5.74) is 6.68. The molecule has 0 bridgehead atoms. The topological polar surface area (TPSA) is 116 Å². The summed E-state index contributed by atoms with van der Waals surface area (Å²) in [5.74, 6) is 1.02. The van der Waals surface area contributed by atoms with Crippen molar-refractivity contribution in [3.05, 3.63) is 46.7 Å². The molecule has 0 fully saturated rings. The quantitative estimate of drug-likeness (QED) is 0.823. The Morgan fingerprint density at radius 3 is 2.59 bits per heavy atom. The lowest BCUT2D eigenvalue weighted by Crippen LogP contribution is -2.43. The molecular weight excluding hydrogens is 340 g/mol. The van der Waals surface area contributed by atoms with Gasteiger partial charge in [0.05, 0.1) is 23.4 Å². The van der Waals surface area contributed by atoms with Gasteiger partial charge in [0.25, 0.3) is 0 Å². The minimum absolute atomic E-state index is 0.0507. The molecule has 0 aromatic heterocycles. The molecule has 6 heteroatoms. The van der Waals surface area contributed by atoms with Crippen LogP contribution in [-0.4, -0.2) is 6.79 Å². The van der Waals surface area contributed by atoms with Crippen LogP contribution in [0.15, 0.2) is 41.1 Å². The summed E-state index contributed by atoms with van der Waals surface area (Å²) in [4.78, 5) is 0. The van der Waals surface area contributed by atoms with E-state index in [9.17, 15) is 15.8 Å². The Morgan fingerprint density at radius 2 is 1.89 bits per heavy atom. The second-order valence-electron chi connectivity index (χ2n) is 7.37. The van der Waals surface area contributed by atoms with E-state index in [-0.39, 0.29) is 24.0 Å². The molecule has 1 aliphatic heterocycles. The van der Waals surface area contributed by atoms with Gasteiger partial charge in [0, 0.05) is 5.92 Å². The highest BCUT2D eigenvalue weighted by molar-refractivity contribution is 5.60. The first-order valence-electron chi connectivity index (χ1n) is 8.88. The van der Waals surface area contributed by atoms with Crippen molar-refractivity contribution in [2.45, 2.75) is 25.7 Å². The van der Waals surface area contributed by atoms with Gasteiger partial charge in [0.15, 0.2) is 16.9 Å². The fraction of sp³-hybridized carbons (Fsp3) is 0.381. The predicted molar refractivity (Wildman–Crippen MR) is 95.8 cm³/mol. The van der Waals surface area contributed by atoms with Crippen molar-refractivity contribution in [1.29, 1.82) is 15.8 Å². The van der Waals surface area contributed by atoms with E-state index in [0.29, 0.717) is 17.4 Å². The number of ether oxygens (including phenoxy) is 2. The zero-order chi connectivity index (χ0) is 19.2. The number of hydrogen-bond donors (Lipinski definition) is 1. The van der Waals surface area contributed by atoms with Gasteiger partial charge >= 0.3 is 0 Å². The second kappa shape index (κ2) is 6.08. The van der Waals surface area contributed by atoms with Crippen LogP contribution >= 0.6 is 0 Å². The van der Waals surface area contributed by atoms with Gasteiger partial charge in [-0.2, -0.15) is 15.8 Å². The molecule has 3 unspecified atom stereocenters. The molecule has 2 N–H and O–H groups in total. The zero-order valence-corrected chi connectivity index (χ0v) is 14.9. The lowest BCUT2D eigenvalue weighted by molar-refractivity contribution is 0.174. The van der Waals surface area contributed by atoms with E-state index < -0.39 is 11.3 Å². The Hall–Kier alpha value is -3.43. The first-order valence-corrected chi connectivity index (χ1v) is 8.88. The van der Waals surface area contributed by atoms with Crippen molar-refractivity contribution >= 4 is 0 Å². The minimum Gasteiger partial charge on any atom is -0.454 e. The standard InChI is InChI=1S/C21H18N4O2/c1-12-2-4-14-15(6-12)19(13-3-5-17-18(7-13)27-11-26-17)21(9-23,10-24)20(25)16(14)8-22/h3-5,7,12,15,19H,2,6,11,25H2,1H3. The molecule has 0 amide bonds. The summed E-state index contributed by atoms with van der Waals surface area (Å²) in [6.07, 6.45) is 3.68. The lowest BCUT2D eigenvalue weighted by atomic mass is 9.56. The molecule has 4 rings (SSSR count). The third-order valence-corrected chi connectivity index (χ3v) is 5.87. The average molecular weight is 358 g/mol. The molecule has 6 nitrogen and oxygen atoms in total. The molecule has 1 heterocycles. The van der Waals surface area contributed by atoms with Crippen molar-refractivity contribution < 1.29 is 9.47 Å². The molecule has 0 spiro atoms. The summed E-state index contributed by atoms with van der Waals surface area (Å²) in [6.45, 7) is 2.29. The van der Waals surface area contributed by atoms with Gasteiger partial charge in [0.2, 0.25) is 6.79 Å². The molecule has 1 aromatic carbocycles.